The summed E-state index contributed by atoms with van der Waals surface area (Å²) >= 11 is 7.91. The second kappa shape index (κ2) is 5.79. The maximum absolute atomic E-state index is 6.16. The van der Waals surface area contributed by atoms with Crippen molar-refractivity contribution in [1.29, 1.82) is 0 Å². The number of hydrogen-bond acceptors (Lipinski definition) is 3. The van der Waals surface area contributed by atoms with E-state index in [0.717, 1.165) is 34.2 Å². The lowest BCUT2D eigenvalue weighted by molar-refractivity contribution is 0.816. The summed E-state index contributed by atoms with van der Waals surface area (Å²) in [5, 5.41) is 3.11. The van der Waals surface area contributed by atoms with Crippen molar-refractivity contribution in [3.8, 4) is 0 Å². The maximum atomic E-state index is 6.16. The van der Waals surface area contributed by atoms with E-state index in [1.54, 1.807) is 11.3 Å². The Labute approximate surface area is 133 Å². The Morgan fingerprint density at radius 3 is 2.81 bits per heavy atom. The van der Waals surface area contributed by atoms with Crippen LogP contribution >= 0.6 is 22.9 Å². The summed E-state index contributed by atoms with van der Waals surface area (Å²) in [7, 11) is 0. The van der Waals surface area contributed by atoms with Crippen molar-refractivity contribution >= 4 is 33.8 Å². The van der Waals surface area contributed by atoms with Crippen molar-refractivity contribution in [2.24, 2.45) is 5.73 Å². The van der Waals surface area contributed by atoms with E-state index in [1.165, 1.54) is 15.8 Å². The second-order valence-electron chi connectivity index (χ2n) is 5.23. The molecule has 0 radical (unpaired) electrons. The number of aromatic nitrogens is 2. The summed E-state index contributed by atoms with van der Waals surface area (Å²) in [6, 6.07) is 6.04. The zero-order valence-corrected chi connectivity index (χ0v) is 13.8. The van der Waals surface area contributed by atoms with Gasteiger partial charge in [-0.25, -0.2) is 4.98 Å². The second-order valence-corrected chi connectivity index (χ2v) is 6.96. The molecule has 3 rings (SSSR count). The lowest BCUT2D eigenvalue weighted by Crippen LogP contribution is -2.02. The van der Waals surface area contributed by atoms with Crippen LogP contribution in [-0.2, 0) is 13.0 Å². The number of fused-ring (bicyclic) bond motifs is 1. The fourth-order valence-corrected chi connectivity index (χ4v) is 3.68. The van der Waals surface area contributed by atoms with Gasteiger partial charge in [-0.05, 0) is 44.5 Å². The van der Waals surface area contributed by atoms with Crippen molar-refractivity contribution in [3.63, 3.8) is 0 Å². The number of nitrogens with two attached hydrogens (primary N) is 1. The molecule has 1 aromatic carbocycles. The smallest absolute Gasteiger partial charge is 0.113 e. The van der Waals surface area contributed by atoms with E-state index in [1.807, 2.05) is 12.1 Å². The van der Waals surface area contributed by atoms with Crippen LogP contribution in [0.3, 0.4) is 0 Å². The highest BCUT2D eigenvalue weighted by Crippen LogP contribution is 2.27. The van der Waals surface area contributed by atoms with Crippen LogP contribution in [0.25, 0.3) is 10.9 Å². The summed E-state index contributed by atoms with van der Waals surface area (Å²) in [5.41, 5.74) is 9.26. The molecule has 110 valence electrons. The van der Waals surface area contributed by atoms with E-state index < -0.39 is 0 Å². The minimum absolute atomic E-state index is 0.650. The number of aryl methyl sites for hydroxylation is 2. The molecule has 2 heterocycles. The van der Waals surface area contributed by atoms with E-state index in [4.69, 9.17) is 17.3 Å². The first-order valence-electron chi connectivity index (χ1n) is 6.98. The van der Waals surface area contributed by atoms with E-state index in [2.05, 4.69) is 35.7 Å². The first kappa shape index (κ1) is 14.6. The lowest BCUT2D eigenvalue weighted by atomic mass is 10.1. The van der Waals surface area contributed by atoms with E-state index in [0.29, 0.717) is 6.54 Å². The van der Waals surface area contributed by atoms with Gasteiger partial charge < -0.3 is 10.3 Å². The molecule has 0 bridgehead atoms. The topological polar surface area (TPSA) is 43.8 Å². The number of benzene rings is 1. The molecule has 0 spiro atoms. The van der Waals surface area contributed by atoms with E-state index in [-0.39, 0.29) is 0 Å². The van der Waals surface area contributed by atoms with Crippen LogP contribution in [0.5, 0.6) is 0 Å². The minimum atomic E-state index is 0.650. The third kappa shape index (κ3) is 2.84. The molecule has 0 saturated carbocycles. The molecular weight excluding hydrogens is 302 g/mol. The standard InChI is InChI=1S/C16H18ClN3S/c1-10-11(2)21-16(19-10)9-20-8-12(5-6-18)14-4-3-13(17)7-15(14)20/h3-4,7-8H,5-6,9,18H2,1-2H3. The quantitative estimate of drug-likeness (QED) is 0.792. The van der Waals surface area contributed by atoms with Crippen LogP contribution < -0.4 is 5.73 Å². The maximum Gasteiger partial charge on any atom is 0.113 e. The van der Waals surface area contributed by atoms with Crippen molar-refractivity contribution in [1.82, 2.24) is 9.55 Å². The Bertz CT molecular complexity index is 769. The van der Waals surface area contributed by atoms with Gasteiger partial charge in [0.1, 0.15) is 5.01 Å². The predicted octanol–water partition coefficient (Wildman–Crippen LogP) is 3.92. The third-order valence-electron chi connectivity index (χ3n) is 3.72. The normalized spacial score (nSPS) is 11.4. The van der Waals surface area contributed by atoms with Crippen LogP contribution in [0.15, 0.2) is 24.4 Å². The SMILES string of the molecule is Cc1nc(Cn2cc(CCN)c3ccc(Cl)cc32)sc1C. The monoisotopic (exact) mass is 319 g/mol. The third-order valence-corrected chi connectivity index (χ3v) is 5.01. The van der Waals surface area contributed by atoms with Gasteiger partial charge in [0.05, 0.1) is 17.8 Å². The number of nitrogens with zero attached hydrogens (tertiary/aromatic N) is 2. The average molecular weight is 320 g/mol. The van der Waals surface area contributed by atoms with Gasteiger partial charge in [0, 0.05) is 21.5 Å². The molecular formula is C16H18ClN3S. The summed E-state index contributed by atoms with van der Waals surface area (Å²) < 4.78 is 2.23. The Morgan fingerprint density at radius 1 is 1.33 bits per heavy atom. The van der Waals surface area contributed by atoms with Gasteiger partial charge in [0.25, 0.3) is 0 Å². The molecule has 21 heavy (non-hydrogen) atoms. The average Bonchev–Trinajstić information content (AvgIpc) is 2.92. The van der Waals surface area contributed by atoms with Crippen molar-refractivity contribution in [2.45, 2.75) is 26.8 Å². The molecule has 0 aliphatic heterocycles. The molecule has 0 fully saturated rings. The molecule has 5 heteroatoms. The van der Waals surface area contributed by atoms with Gasteiger partial charge in [0.2, 0.25) is 0 Å². The number of halogens is 1. The minimum Gasteiger partial charge on any atom is -0.340 e. The fraction of sp³-hybridized carbons (Fsp3) is 0.312. The Hall–Kier alpha value is -1.36. The van der Waals surface area contributed by atoms with Gasteiger partial charge in [0.15, 0.2) is 0 Å². The Kier molecular flexibility index (Phi) is 4.02. The first-order chi connectivity index (χ1) is 10.1. The number of thiazole rings is 1. The molecule has 0 unspecified atom stereocenters. The predicted molar refractivity (Wildman–Crippen MR) is 90.4 cm³/mol. The largest absolute Gasteiger partial charge is 0.340 e. The van der Waals surface area contributed by atoms with Crippen molar-refractivity contribution in [3.05, 3.63) is 50.6 Å². The highest BCUT2D eigenvalue weighted by molar-refractivity contribution is 7.11. The van der Waals surface area contributed by atoms with Crippen LogP contribution in [0, 0.1) is 13.8 Å². The van der Waals surface area contributed by atoms with Gasteiger partial charge >= 0.3 is 0 Å². The number of hydrogen-bond donors (Lipinski definition) is 1. The van der Waals surface area contributed by atoms with Gasteiger partial charge in [-0.15, -0.1) is 11.3 Å². The summed E-state index contributed by atoms with van der Waals surface area (Å²) in [4.78, 5) is 5.91. The van der Waals surface area contributed by atoms with Crippen LogP contribution in [0.2, 0.25) is 5.02 Å². The lowest BCUT2D eigenvalue weighted by Gasteiger charge is -2.02. The van der Waals surface area contributed by atoms with Gasteiger partial charge in [-0.3, -0.25) is 0 Å². The molecule has 0 saturated heterocycles. The summed E-state index contributed by atoms with van der Waals surface area (Å²) in [5.74, 6) is 0. The Balaban J connectivity index is 2.06. The van der Waals surface area contributed by atoms with Crippen LogP contribution in [-0.4, -0.2) is 16.1 Å². The highest BCUT2D eigenvalue weighted by Gasteiger charge is 2.11. The van der Waals surface area contributed by atoms with E-state index >= 15 is 0 Å². The summed E-state index contributed by atoms with van der Waals surface area (Å²) in [6.07, 6.45) is 3.06. The molecule has 0 aliphatic rings. The van der Waals surface area contributed by atoms with Gasteiger partial charge in [-0.1, -0.05) is 17.7 Å². The number of rotatable bonds is 4. The molecule has 0 amide bonds. The van der Waals surface area contributed by atoms with Gasteiger partial charge in [-0.2, -0.15) is 0 Å². The van der Waals surface area contributed by atoms with E-state index in [9.17, 15) is 0 Å². The van der Waals surface area contributed by atoms with Crippen LogP contribution in [0.4, 0.5) is 0 Å². The molecule has 3 aromatic rings. The molecule has 0 aliphatic carbocycles. The van der Waals surface area contributed by atoms with Crippen molar-refractivity contribution in [2.75, 3.05) is 6.54 Å². The zero-order valence-electron chi connectivity index (χ0n) is 12.2. The Morgan fingerprint density at radius 2 is 2.14 bits per heavy atom. The summed E-state index contributed by atoms with van der Waals surface area (Å²) in [6.45, 7) is 5.60. The van der Waals surface area contributed by atoms with Crippen LogP contribution in [0.1, 0.15) is 21.1 Å². The molecule has 3 nitrogen and oxygen atoms in total. The molecule has 0 atom stereocenters. The molecule has 2 aromatic heterocycles. The highest BCUT2D eigenvalue weighted by atomic mass is 35.5. The molecule has 2 N–H and O–H groups in total. The fourth-order valence-electron chi connectivity index (χ4n) is 2.58. The first-order valence-corrected chi connectivity index (χ1v) is 8.18. The van der Waals surface area contributed by atoms with Crippen molar-refractivity contribution < 1.29 is 0 Å². The zero-order chi connectivity index (χ0) is 15.0.